The highest BCUT2D eigenvalue weighted by molar-refractivity contribution is 6.00. The first-order valence-electron chi connectivity index (χ1n) is 28.8. The Morgan fingerprint density at radius 3 is 2.04 bits per heavy atom. The molecule has 0 spiro atoms. The molecular weight excluding hydrogens is 1060 g/mol. The number of nitrogens with one attached hydrogen (secondary N) is 4. The number of ether oxygens (including phenoxy) is 7. The van der Waals surface area contributed by atoms with Gasteiger partial charge in [0.2, 0.25) is 17.7 Å². The molecule has 2 aromatic carbocycles. The lowest BCUT2D eigenvalue weighted by molar-refractivity contribution is -0.172. The van der Waals surface area contributed by atoms with Gasteiger partial charge in [0.1, 0.15) is 24.5 Å². The maximum absolute atomic E-state index is 15.5. The Labute approximate surface area is 478 Å². The van der Waals surface area contributed by atoms with Gasteiger partial charge in [-0.05, 0) is 117 Å². The van der Waals surface area contributed by atoms with Crippen molar-refractivity contribution in [3.8, 4) is 11.4 Å². The minimum Gasteiger partial charge on any atom is -0.458 e. The van der Waals surface area contributed by atoms with E-state index in [-0.39, 0.29) is 68.2 Å². The van der Waals surface area contributed by atoms with Crippen LogP contribution in [0.3, 0.4) is 0 Å². The molecule has 2 aromatic heterocycles. The number of anilines is 1. The van der Waals surface area contributed by atoms with Crippen molar-refractivity contribution in [3.63, 3.8) is 0 Å². The van der Waals surface area contributed by atoms with Gasteiger partial charge in [-0.25, -0.2) is 14.2 Å². The Balaban J connectivity index is 0.881. The van der Waals surface area contributed by atoms with Crippen LogP contribution in [0.25, 0.3) is 22.3 Å². The average Bonchev–Trinajstić information content (AvgIpc) is 3.24. The third-order valence-corrected chi connectivity index (χ3v) is 15.1. The van der Waals surface area contributed by atoms with E-state index in [1.807, 2.05) is 0 Å². The molecule has 0 unspecified atom stereocenters. The summed E-state index contributed by atoms with van der Waals surface area (Å²) in [6.07, 6.45) is 3.29. The molecule has 0 saturated heterocycles. The second kappa shape index (κ2) is 30.4. The van der Waals surface area contributed by atoms with E-state index in [1.54, 1.807) is 58.0 Å². The standard InChI is InChI=1S/C60H82FN7O14/c1-7-60(75)44-32-49-54-42(34-68(49)58(73)43(44)35-82-59(60)74)52-46(16-15-41-38(6)45(61)33-48(64-54)51(41)52)65-55(70)39-11-13-40(14-12-39)63-56(71)47(10-8-9-19-62)66-57(72)53(37(4)5)67-50(69)18-21-77-23-25-79-27-29-81-31-30-80-28-26-78-24-22-76-20-17-36(2)3/h11-14,32-33,36-37,46-47,53,75H,7-10,15-31,34-35,62H2,1-6H3,(H,63,71)(H,65,70)(H,66,72)(H,67,69)/t46-,47-,53-,60-/m0/s1. The summed E-state index contributed by atoms with van der Waals surface area (Å²) in [5.41, 5.74) is 7.97. The summed E-state index contributed by atoms with van der Waals surface area (Å²) in [4.78, 5) is 86.6. The number of aromatic nitrogens is 2. The number of fused-ring (bicyclic) bond motifs is 5. The van der Waals surface area contributed by atoms with Crippen LogP contribution in [0.5, 0.6) is 0 Å². The number of carbonyl (C=O) groups is 5. The smallest absolute Gasteiger partial charge is 0.343 e. The molecular formula is C60H82FN7O14. The molecule has 0 bridgehead atoms. The number of aryl methyl sites for hydroxylation is 1. The molecule has 4 amide bonds. The van der Waals surface area contributed by atoms with E-state index in [4.69, 9.17) is 43.9 Å². The molecule has 3 aliphatic rings. The fourth-order valence-corrected chi connectivity index (χ4v) is 10.4. The number of hydrogen-bond acceptors (Lipinski definition) is 16. The zero-order valence-electron chi connectivity index (χ0n) is 48.2. The van der Waals surface area contributed by atoms with E-state index in [2.05, 4.69) is 35.1 Å². The molecule has 7 N–H and O–H groups in total. The van der Waals surface area contributed by atoms with Crippen LogP contribution in [-0.4, -0.2) is 142 Å². The van der Waals surface area contributed by atoms with Gasteiger partial charge in [0.15, 0.2) is 5.60 Å². The van der Waals surface area contributed by atoms with Gasteiger partial charge in [0.25, 0.3) is 11.5 Å². The van der Waals surface area contributed by atoms with E-state index in [9.17, 15) is 33.9 Å². The second-order valence-corrected chi connectivity index (χ2v) is 21.7. The van der Waals surface area contributed by atoms with Crippen molar-refractivity contribution < 1.29 is 66.6 Å². The number of benzene rings is 2. The minimum atomic E-state index is -2.04. The highest BCUT2D eigenvalue weighted by atomic mass is 19.1. The van der Waals surface area contributed by atoms with Crippen molar-refractivity contribution in [3.05, 3.63) is 91.5 Å². The lowest BCUT2D eigenvalue weighted by Gasteiger charge is -2.31. The molecule has 1 aliphatic carbocycles. The molecule has 22 heteroatoms. The molecule has 21 nitrogen and oxygen atoms in total. The van der Waals surface area contributed by atoms with Gasteiger partial charge in [-0.2, -0.15) is 0 Å². The molecule has 4 atom stereocenters. The van der Waals surface area contributed by atoms with E-state index in [1.165, 1.54) is 10.6 Å². The predicted octanol–water partition coefficient (Wildman–Crippen LogP) is 5.17. The number of amides is 4. The Morgan fingerprint density at radius 2 is 1.44 bits per heavy atom. The van der Waals surface area contributed by atoms with Gasteiger partial charge in [0, 0.05) is 46.9 Å². The largest absolute Gasteiger partial charge is 0.458 e. The zero-order valence-corrected chi connectivity index (χ0v) is 48.2. The fourth-order valence-electron chi connectivity index (χ4n) is 10.4. The highest BCUT2D eigenvalue weighted by Crippen LogP contribution is 2.46. The molecule has 0 fully saturated rings. The number of carbonyl (C=O) groups excluding carboxylic acids is 5. The van der Waals surface area contributed by atoms with Gasteiger partial charge < -0.3 is 69.8 Å². The molecule has 4 heterocycles. The maximum Gasteiger partial charge on any atom is 0.343 e. The summed E-state index contributed by atoms with van der Waals surface area (Å²) >= 11 is 0. The molecule has 82 heavy (non-hydrogen) atoms. The Hall–Kier alpha value is -6.24. The number of cyclic esters (lactones) is 1. The van der Waals surface area contributed by atoms with Crippen LogP contribution in [0.4, 0.5) is 10.1 Å². The number of esters is 1. The zero-order chi connectivity index (χ0) is 58.9. The van der Waals surface area contributed by atoms with Crippen LogP contribution in [-0.2, 0) is 77.5 Å². The first-order valence-corrected chi connectivity index (χ1v) is 28.8. The van der Waals surface area contributed by atoms with Crippen molar-refractivity contribution in [1.29, 1.82) is 0 Å². The van der Waals surface area contributed by atoms with Crippen LogP contribution in [0.1, 0.15) is 129 Å². The number of pyridine rings is 2. The number of unbranched alkanes of at least 4 members (excludes halogenated alkanes) is 1. The summed E-state index contributed by atoms with van der Waals surface area (Å²) in [6, 6.07) is 6.74. The maximum atomic E-state index is 15.5. The number of aliphatic hydroxyl groups is 1. The molecule has 0 saturated carbocycles. The Morgan fingerprint density at radius 1 is 0.817 bits per heavy atom. The molecule has 0 radical (unpaired) electrons. The lowest BCUT2D eigenvalue weighted by atomic mass is 9.81. The number of halogens is 1. The van der Waals surface area contributed by atoms with Crippen molar-refractivity contribution in [1.82, 2.24) is 25.5 Å². The van der Waals surface area contributed by atoms with Crippen molar-refractivity contribution in [2.24, 2.45) is 17.6 Å². The van der Waals surface area contributed by atoms with Crippen LogP contribution in [0.2, 0.25) is 0 Å². The summed E-state index contributed by atoms with van der Waals surface area (Å²) in [5, 5.41) is 23.8. The van der Waals surface area contributed by atoms with E-state index < -0.39 is 64.7 Å². The monoisotopic (exact) mass is 1140 g/mol. The number of nitrogens with zero attached hydrogens (tertiary/aromatic N) is 2. The Kier molecular flexibility index (Phi) is 23.4. The quantitative estimate of drug-likeness (QED) is 0.0229. The topological polar surface area (TPSA) is 279 Å². The van der Waals surface area contributed by atoms with Crippen molar-refractivity contribution in [2.45, 2.75) is 130 Å². The fraction of sp³-hybridized carbons (Fsp3) is 0.583. The van der Waals surface area contributed by atoms with Gasteiger partial charge in [-0.3, -0.25) is 24.0 Å². The van der Waals surface area contributed by atoms with Crippen LogP contribution in [0, 0.1) is 24.6 Å². The van der Waals surface area contributed by atoms with E-state index in [0.717, 1.165) is 18.6 Å². The van der Waals surface area contributed by atoms with Crippen LogP contribution in [0.15, 0.2) is 41.2 Å². The second-order valence-electron chi connectivity index (χ2n) is 21.7. The highest BCUT2D eigenvalue weighted by Gasteiger charge is 2.46. The number of rotatable bonds is 34. The van der Waals surface area contributed by atoms with Gasteiger partial charge in [0.05, 0.1) is 108 Å². The van der Waals surface area contributed by atoms with E-state index >= 15 is 4.39 Å². The van der Waals surface area contributed by atoms with E-state index in [0.29, 0.717) is 142 Å². The lowest BCUT2D eigenvalue weighted by Crippen LogP contribution is -2.54. The van der Waals surface area contributed by atoms with Crippen LogP contribution >= 0.6 is 0 Å². The average molecular weight is 1140 g/mol. The predicted molar refractivity (Wildman–Crippen MR) is 303 cm³/mol. The summed E-state index contributed by atoms with van der Waals surface area (Å²) in [6.45, 7) is 16.6. The third-order valence-electron chi connectivity index (χ3n) is 15.1. The first-order chi connectivity index (χ1) is 39.5. The van der Waals surface area contributed by atoms with Crippen molar-refractivity contribution >= 4 is 46.2 Å². The number of hydrogen-bond donors (Lipinski definition) is 6. The molecule has 4 aromatic rings. The summed E-state index contributed by atoms with van der Waals surface area (Å²) in [7, 11) is 0. The van der Waals surface area contributed by atoms with Gasteiger partial charge in [-0.15, -0.1) is 0 Å². The third kappa shape index (κ3) is 15.9. The van der Waals surface area contributed by atoms with Gasteiger partial charge in [-0.1, -0.05) is 34.6 Å². The minimum absolute atomic E-state index is 0.00204. The molecule has 2 aliphatic heterocycles. The van der Waals surface area contributed by atoms with Gasteiger partial charge >= 0.3 is 5.97 Å². The van der Waals surface area contributed by atoms with Crippen LogP contribution < -0.4 is 32.6 Å². The van der Waals surface area contributed by atoms with Crippen molar-refractivity contribution in [2.75, 3.05) is 91.1 Å². The number of nitrogens with two attached hydrogens (primary N) is 1. The summed E-state index contributed by atoms with van der Waals surface area (Å²) in [5.74, 6) is -2.82. The Bertz CT molecular complexity index is 2940. The SMILES string of the molecule is CC[C@@]1(O)C(=O)OCc2c1cc1n(c2=O)Cc2c-1nc1cc(F)c(C)c3c1c2[C@@H](NC(=O)c1ccc(NC(=O)[C@H](CCCCN)NC(=O)[C@@H](NC(=O)CCOCCOCCOCCOCCOCCOCCC(C)C)C(C)C)cc1)CC3. The molecule has 448 valence electrons. The first kappa shape index (κ1) is 63.3. The molecule has 7 rings (SSSR count). The summed E-state index contributed by atoms with van der Waals surface area (Å²) < 4.78 is 55.5. The normalized spacial score (nSPS) is 16.8.